The van der Waals surface area contributed by atoms with Gasteiger partial charge in [-0.15, -0.1) is 0 Å². The molecule has 7 nitrogen and oxygen atoms in total. The van der Waals surface area contributed by atoms with Crippen molar-refractivity contribution in [1.82, 2.24) is 14.5 Å². The van der Waals surface area contributed by atoms with Gasteiger partial charge in [0, 0.05) is 38.3 Å². The monoisotopic (exact) mass is 347 g/mol. The van der Waals surface area contributed by atoms with E-state index in [0.717, 1.165) is 32.4 Å². The SMILES string of the molecule is CC(C)(C)OC(=O)N1CCC(N2CC[C@@H](NS(C)(=O)=O)C2)CC1. The van der Waals surface area contributed by atoms with Crippen LogP contribution in [0.2, 0.25) is 0 Å². The molecule has 2 aliphatic rings. The lowest BCUT2D eigenvalue weighted by molar-refractivity contribution is 0.0155. The number of hydrogen-bond donors (Lipinski definition) is 1. The van der Waals surface area contributed by atoms with Crippen molar-refractivity contribution in [3.05, 3.63) is 0 Å². The molecule has 2 aliphatic heterocycles. The lowest BCUT2D eigenvalue weighted by Crippen LogP contribution is -2.48. The summed E-state index contributed by atoms with van der Waals surface area (Å²) in [5.41, 5.74) is -0.465. The van der Waals surface area contributed by atoms with Crippen molar-refractivity contribution in [2.45, 2.75) is 57.7 Å². The Morgan fingerprint density at radius 2 is 1.74 bits per heavy atom. The summed E-state index contributed by atoms with van der Waals surface area (Å²) in [7, 11) is -3.15. The van der Waals surface area contributed by atoms with Crippen molar-refractivity contribution >= 4 is 16.1 Å². The van der Waals surface area contributed by atoms with Crippen LogP contribution in [0.1, 0.15) is 40.0 Å². The topological polar surface area (TPSA) is 79.0 Å². The number of nitrogens with zero attached hydrogens (tertiary/aromatic N) is 2. The van der Waals surface area contributed by atoms with Gasteiger partial charge in [-0.1, -0.05) is 0 Å². The fraction of sp³-hybridized carbons (Fsp3) is 0.933. The Bertz CT molecular complexity index is 521. The van der Waals surface area contributed by atoms with Gasteiger partial charge in [0.15, 0.2) is 0 Å². The van der Waals surface area contributed by atoms with Crippen LogP contribution in [0.25, 0.3) is 0 Å². The van der Waals surface area contributed by atoms with Crippen molar-refractivity contribution in [1.29, 1.82) is 0 Å². The van der Waals surface area contributed by atoms with Crippen molar-refractivity contribution < 1.29 is 17.9 Å². The molecule has 2 saturated heterocycles. The van der Waals surface area contributed by atoms with Crippen molar-refractivity contribution in [2.24, 2.45) is 0 Å². The average Bonchev–Trinajstić information content (AvgIpc) is 2.83. The highest BCUT2D eigenvalue weighted by Gasteiger charge is 2.33. The third-order valence-electron chi connectivity index (χ3n) is 4.23. The quantitative estimate of drug-likeness (QED) is 0.824. The van der Waals surface area contributed by atoms with E-state index < -0.39 is 15.6 Å². The fourth-order valence-corrected chi connectivity index (χ4v) is 4.06. The molecule has 0 unspecified atom stereocenters. The highest BCUT2D eigenvalue weighted by atomic mass is 32.2. The average molecular weight is 347 g/mol. The zero-order valence-electron chi connectivity index (χ0n) is 14.5. The molecule has 0 radical (unpaired) electrons. The van der Waals surface area contributed by atoms with Crippen LogP contribution >= 0.6 is 0 Å². The lowest BCUT2D eigenvalue weighted by Gasteiger charge is -2.37. The summed E-state index contributed by atoms with van der Waals surface area (Å²) >= 11 is 0. The molecule has 2 rings (SSSR count). The Balaban J connectivity index is 1.78. The predicted molar refractivity (Wildman–Crippen MR) is 88.8 cm³/mol. The summed E-state index contributed by atoms with van der Waals surface area (Å²) in [6, 6.07) is 0.425. The number of carbonyl (C=O) groups is 1. The standard InChI is InChI=1S/C15H29N3O4S/c1-15(2,3)22-14(19)17-9-6-13(7-10-17)18-8-5-12(11-18)16-23(4,20)21/h12-13,16H,5-11H2,1-4H3/t12-/m1/s1. The molecule has 0 saturated carbocycles. The molecule has 0 aliphatic carbocycles. The molecule has 134 valence electrons. The second-order valence-electron chi connectivity index (χ2n) is 7.57. The Hall–Kier alpha value is -0.860. The van der Waals surface area contributed by atoms with E-state index in [-0.39, 0.29) is 12.1 Å². The molecule has 1 N–H and O–H groups in total. The summed E-state index contributed by atoms with van der Waals surface area (Å²) in [5.74, 6) is 0. The van der Waals surface area contributed by atoms with Crippen LogP contribution in [0.15, 0.2) is 0 Å². The largest absolute Gasteiger partial charge is 0.444 e. The molecule has 0 bridgehead atoms. The van der Waals surface area contributed by atoms with E-state index in [1.807, 2.05) is 20.8 Å². The number of carbonyl (C=O) groups excluding carboxylic acids is 1. The van der Waals surface area contributed by atoms with Crippen LogP contribution in [0, 0.1) is 0 Å². The number of likely N-dealkylation sites (tertiary alicyclic amines) is 2. The van der Waals surface area contributed by atoms with E-state index in [1.165, 1.54) is 6.26 Å². The molecule has 2 heterocycles. The Morgan fingerprint density at radius 1 is 1.13 bits per heavy atom. The summed E-state index contributed by atoms with van der Waals surface area (Å²) in [6.45, 7) is 8.67. The minimum Gasteiger partial charge on any atom is -0.444 e. The van der Waals surface area contributed by atoms with E-state index in [1.54, 1.807) is 4.90 Å². The Morgan fingerprint density at radius 3 is 2.26 bits per heavy atom. The first kappa shape index (κ1) is 18.5. The summed E-state index contributed by atoms with van der Waals surface area (Å²) in [6.07, 6.45) is 3.62. The molecule has 23 heavy (non-hydrogen) atoms. The van der Waals surface area contributed by atoms with Gasteiger partial charge in [0.2, 0.25) is 10.0 Å². The number of ether oxygens (including phenoxy) is 1. The van der Waals surface area contributed by atoms with Gasteiger partial charge in [-0.3, -0.25) is 4.90 Å². The molecule has 2 fully saturated rings. The molecule has 8 heteroatoms. The van der Waals surface area contributed by atoms with Crippen LogP contribution in [0.5, 0.6) is 0 Å². The van der Waals surface area contributed by atoms with E-state index in [0.29, 0.717) is 19.1 Å². The Kier molecular flexibility index (Phi) is 5.58. The second kappa shape index (κ2) is 6.94. The zero-order valence-corrected chi connectivity index (χ0v) is 15.4. The molecule has 1 amide bonds. The number of nitrogens with one attached hydrogen (secondary N) is 1. The molecular weight excluding hydrogens is 318 g/mol. The minimum absolute atomic E-state index is 0.00823. The molecule has 0 aromatic rings. The van der Waals surface area contributed by atoms with Gasteiger partial charge >= 0.3 is 6.09 Å². The third-order valence-corrected chi connectivity index (χ3v) is 4.99. The molecule has 1 atom stereocenters. The fourth-order valence-electron chi connectivity index (χ4n) is 3.26. The van der Waals surface area contributed by atoms with Gasteiger partial charge < -0.3 is 9.64 Å². The highest BCUT2D eigenvalue weighted by molar-refractivity contribution is 7.88. The summed E-state index contributed by atoms with van der Waals surface area (Å²) in [4.78, 5) is 16.2. The van der Waals surface area contributed by atoms with Crippen LogP contribution in [-0.4, -0.2) is 74.4 Å². The molecule has 0 aromatic carbocycles. The summed E-state index contributed by atoms with van der Waals surface area (Å²) in [5, 5.41) is 0. The van der Waals surface area contributed by atoms with Crippen LogP contribution < -0.4 is 4.72 Å². The number of rotatable bonds is 3. The van der Waals surface area contributed by atoms with E-state index in [4.69, 9.17) is 4.74 Å². The molecular formula is C15H29N3O4S. The van der Waals surface area contributed by atoms with Gasteiger partial charge in [0.05, 0.1) is 6.26 Å². The molecule has 0 aromatic heterocycles. The van der Waals surface area contributed by atoms with Gasteiger partial charge in [0.1, 0.15) is 5.60 Å². The van der Waals surface area contributed by atoms with E-state index >= 15 is 0 Å². The Labute approximate surface area is 139 Å². The first-order valence-corrected chi connectivity index (χ1v) is 10.1. The van der Waals surface area contributed by atoms with Gasteiger partial charge in [-0.2, -0.15) is 0 Å². The second-order valence-corrected chi connectivity index (χ2v) is 9.35. The molecule has 0 spiro atoms. The van der Waals surface area contributed by atoms with E-state index in [2.05, 4.69) is 9.62 Å². The number of amides is 1. The number of piperidine rings is 1. The number of sulfonamides is 1. The maximum absolute atomic E-state index is 12.1. The first-order chi connectivity index (χ1) is 10.5. The maximum Gasteiger partial charge on any atom is 0.410 e. The lowest BCUT2D eigenvalue weighted by atomic mass is 10.0. The maximum atomic E-state index is 12.1. The van der Waals surface area contributed by atoms with Gasteiger partial charge in [-0.05, 0) is 40.0 Å². The predicted octanol–water partition coefficient (Wildman–Crippen LogP) is 1.01. The minimum atomic E-state index is -3.15. The van der Waals surface area contributed by atoms with Gasteiger partial charge in [0.25, 0.3) is 0 Å². The van der Waals surface area contributed by atoms with Gasteiger partial charge in [-0.25, -0.2) is 17.9 Å². The third kappa shape index (κ3) is 5.93. The highest BCUT2D eigenvalue weighted by Crippen LogP contribution is 2.23. The van der Waals surface area contributed by atoms with E-state index in [9.17, 15) is 13.2 Å². The first-order valence-electron chi connectivity index (χ1n) is 8.23. The normalized spacial score (nSPS) is 24.9. The van der Waals surface area contributed by atoms with Crippen molar-refractivity contribution in [2.75, 3.05) is 32.4 Å². The van der Waals surface area contributed by atoms with Crippen LogP contribution in [0.3, 0.4) is 0 Å². The van der Waals surface area contributed by atoms with Crippen molar-refractivity contribution in [3.63, 3.8) is 0 Å². The van der Waals surface area contributed by atoms with Crippen LogP contribution in [-0.2, 0) is 14.8 Å². The number of hydrogen-bond acceptors (Lipinski definition) is 5. The zero-order chi connectivity index (χ0) is 17.3. The summed E-state index contributed by atoms with van der Waals surface area (Å²) < 4.78 is 30.7. The van der Waals surface area contributed by atoms with Crippen molar-refractivity contribution in [3.8, 4) is 0 Å². The smallest absolute Gasteiger partial charge is 0.410 e. The van der Waals surface area contributed by atoms with Crippen LogP contribution in [0.4, 0.5) is 4.79 Å².